The fourth-order valence-electron chi connectivity index (χ4n) is 2.99. The number of carbonyl (C=O) groups excluding carboxylic acids is 1. The Balaban J connectivity index is 1.88. The van der Waals surface area contributed by atoms with Crippen LogP contribution in [0.5, 0.6) is 17.2 Å². The Bertz CT molecular complexity index is 1100. The second kappa shape index (κ2) is 9.12. The van der Waals surface area contributed by atoms with Crippen molar-refractivity contribution in [2.75, 3.05) is 6.61 Å². The predicted molar refractivity (Wildman–Crippen MR) is 110 cm³/mol. The van der Waals surface area contributed by atoms with Crippen LogP contribution in [0.15, 0.2) is 54.8 Å². The van der Waals surface area contributed by atoms with Gasteiger partial charge in [-0.05, 0) is 31.6 Å². The first-order valence-corrected chi connectivity index (χ1v) is 9.66. The van der Waals surface area contributed by atoms with Gasteiger partial charge >= 0.3 is 5.97 Å². The van der Waals surface area contributed by atoms with Gasteiger partial charge in [-0.2, -0.15) is 8.78 Å². The summed E-state index contributed by atoms with van der Waals surface area (Å²) in [6.45, 7) is 11.1. The van der Waals surface area contributed by atoms with Gasteiger partial charge in [0.2, 0.25) is 11.6 Å². The summed E-state index contributed by atoms with van der Waals surface area (Å²) in [6, 6.07) is 4.04. The second-order valence-corrected chi connectivity index (χ2v) is 6.82. The zero-order chi connectivity index (χ0) is 22.7. The van der Waals surface area contributed by atoms with Crippen molar-refractivity contribution in [2.24, 2.45) is 0 Å². The Labute approximate surface area is 178 Å². The van der Waals surface area contributed by atoms with E-state index in [4.69, 9.17) is 14.2 Å². The molecule has 0 aromatic heterocycles. The summed E-state index contributed by atoms with van der Waals surface area (Å²) in [5.74, 6) is -5.58. The van der Waals surface area contributed by atoms with Gasteiger partial charge in [-0.3, -0.25) is 0 Å². The van der Waals surface area contributed by atoms with Crippen molar-refractivity contribution in [3.63, 3.8) is 0 Å². The summed E-state index contributed by atoms with van der Waals surface area (Å²) >= 11 is 0. The number of halogens is 3. The standard InChI is InChI=1S/C24H21F3O4/c1-5-13(3)7-8-14(4)30-24(28)17-10-9-15-11-16-12-18(29-6-2)20(26)21(27)23(16)31-22(15)19(17)25/h7-10,12H,3-6,11H2,1-2H3/b8-7-. The van der Waals surface area contributed by atoms with Crippen LogP contribution in [0, 0.1) is 17.5 Å². The number of rotatable bonds is 7. The number of esters is 1. The molecule has 7 heteroatoms. The van der Waals surface area contributed by atoms with Gasteiger partial charge < -0.3 is 14.2 Å². The Morgan fingerprint density at radius 1 is 1.06 bits per heavy atom. The number of carbonyl (C=O) groups is 1. The molecule has 1 aliphatic rings. The maximum absolute atomic E-state index is 15.0. The molecule has 0 unspecified atom stereocenters. The maximum atomic E-state index is 15.0. The highest BCUT2D eigenvalue weighted by Crippen LogP contribution is 2.43. The zero-order valence-electron chi connectivity index (χ0n) is 17.2. The van der Waals surface area contributed by atoms with Gasteiger partial charge in [-0.1, -0.05) is 37.8 Å². The molecule has 0 spiro atoms. The van der Waals surface area contributed by atoms with Crippen LogP contribution in [0.4, 0.5) is 13.2 Å². The van der Waals surface area contributed by atoms with Gasteiger partial charge in [0.25, 0.3) is 0 Å². The third kappa shape index (κ3) is 4.50. The minimum Gasteiger partial charge on any atom is -0.491 e. The highest BCUT2D eigenvalue weighted by molar-refractivity contribution is 5.91. The van der Waals surface area contributed by atoms with Crippen LogP contribution < -0.4 is 9.47 Å². The summed E-state index contributed by atoms with van der Waals surface area (Å²) in [4.78, 5) is 12.4. The number of hydrogen-bond donors (Lipinski definition) is 0. The highest BCUT2D eigenvalue weighted by atomic mass is 19.2. The molecular formula is C24H21F3O4. The maximum Gasteiger partial charge on any atom is 0.346 e. The van der Waals surface area contributed by atoms with Crippen LogP contribution in [0.3, 0.4) is 0 Å². The third-order valence-electron chi connectivity index (χ3n) is 4.67. The van der Waals surface area contributed by atoms with Crippen molar-refractivity contribution in [1.82, 2.24) is 0 Å². The molecule has 1 aliphatic heterocycles. The van der Waals surface area contributed by atoms with E-state index in [0.717, 1.165) is 5.57 Å². The summed E-state index contributed by atoms with van der Waals surface area (Å²) in [5, 5.41) is 0. The van der Waals surface area contributed by atoms with E-state index in [1.807, 2.05) is 6.92 Å². The number of hydrogen-bond acceptors (Lipinski definition) is 4. The van der Waals surface area contributed by atoms with Crippen LogP contribution in [-0.2, 0) is 11.2 Å². The fourth-order valence-corrected chi connectivity index (χ4v) is 2.99. The first-order valence-electron chi connectivity index (χ1n) is 9.66. The molecule has 0 saturated carbocycles. The molecule has 2 aromatic carbocycles. The van der Waals surface area contributed by atoms with Gasteiger partial charge in [-0.25, -0.2) is 9.18 Å². The number of allylic oxidation sites excluding steroid dienone is 3. The van der Waals surface area contributed by atoms with E-state index in [1.54, 1.807) is 13.0 Å². The molecule has 0 bridgehead atoms. The molecule has 4 nitrogen and oxygen atoms in total. The van der Waals surface area contributed by atoms with E-state index < -0.39 is 34.7 Å². The normalized spacial score (nSPS) is 12.0. The van der Waals surface area contributed by atoms with Gasteiger partial charge in [-0.15, -0.1) is 0 Å². The van der Waals surface area contributed by atoms with Crippen LogP contribution in [0.1, 0.15) is 41.8 Å². The lowest BCUT2D eigenvalue weighted by atomic mass is 9.97. The Morgan fingerprint density at radius 2 is 1.77 bits per heavy atom. The van der Waals surface area contributed by atoms with Crippen LogP contribution in [0.2, 0.25) is 0 Å². The molecule has 0 atom stereocenters. The quantitative estimate of drug-likeness (QED) is 0.247. The lowest BCUT2D eigenvalue weighted by Gasteiger charge is -2.23. The molecule has 0 aliphatic carbocycles. The lowest BCUT2D eigenvalue weighted by Crippen LogP contribution is -2.13. The molecule has 0 amide bonds. The zero-order valence-corrected chi connectivity index (χ0v) is 17.2. The summed E-state index contributed by atoms with van der Waals surface area (Å²) in [6.07, 6.45) is 3.86. The summed E-state index contributed by atoms with van der Waals surface area (Å²) in [7, 11) is 0. The molecule has 0 saturated heterocycles. The smallest absolute Gasteiger partial charge is 0.346 e. The van der Waals surface area contributed by atoms with Gasteiger partial charge in [0.1, 0.15) is 5.76 Å². The summed E-state index contributed by atoms with van der Waals surface area (Å²) in [5.41, 5.74) is 1.05. The van der Waals surface area contributed by atoms with Crippen molar-refractivity contribution >= 4 is 5.97 Å². The molecule has 31 heavy (non-hydrogen) atoms. The SMILES string of the molecule is C=C(/C=C\C(=C)OC(=O)c1ccc2c(c1F)Oc1c(cc(OCC)c(F)c1F)C2)CC. The molecule has 3 rings (SSSR count). The topological polar surface area (TPSA) is 44.8 Å². The van der Waals surface area contributed by atoms with Crippen LogP contribution in [-0.4, -0.2) is 12.6 Å². The van der Waals surface area contributed by atoms with E-state index in [-0.39, 0.29) is 30.3 Å². The van der Waals surface area contributed by atoms with Crippen molar-refractivity contribution in [2.45, 2.75) is 26.7 Å². The predicted octanol–water partition coefficient (Wildman–Crippen LogP) is 6.39. The average Bonchev–Trinajstić information content (AvgIpc) is 2.75. The van der Waals surface area contributed by atoms with Crippen molar-refractivity contribution < 1.29 is 32.2 Å². The number of fused-ring (bicyclic) bond motifs is 2. The first kappa shape index (κ1) is 22.2. The molecule has 0 fully saturated rings. The highest BCUT2D eigenvalue weighted by Gasteiger charge is 2.30. The molecule has 0 radical (unpaired) electrons. The largest absolute Gasteiger partial charge is 0.491 e. The monoisotopic (exact) mass is 430 g/mol. The van der Waals surface area contributed by atoms with Crippen molar-refractivity contribution in [3.8, 4) is 17.2 Å². The average molecular weight is 430 g/mol. The van der Waals surface area contributed by atoms with Crippen LogP contribution in [0.25, 0.3) is 0 Å². The molecule has 0 N–H and O–H groups in total. The van der Waals surface area contributed by atoms with Crippen LogP contribution >= 0.6 is 0 Å². The van der Waals surface area contributed by atoms with Crippen molar-refractivity contribution in [1.29, 1.82) is 0 Å². The third-order valence-corrected chi connectivity index (χ3v) is 4.67. The molecular weight excluding hydrogens is 409 g/mol. The molecule has 2 aromatic rings. The summed E-state index contributed by atoms with van der Waals surface area (Å²) < 4.78 is 59.2. The Hall–Kier alpha value is -3.48. The van der Waals surface area contributed by atoms with E-state index in [2.05, 4.69) is 13.2 Å². The van der Waals surface area contributed by atoms with Gasteiger partial charge in [0.15, 0.2) is 23.1 Å². The molecule has 1 heterocycles. The first-order chi connectivity index (χ1) is 14.8. The Kier molecular flexibility index (Phi) is 6.53. The van der Waals surface area contributed by atoms with E-state index in [9.17, 15) is 13.6 Å². The molecule has 162 valence electrons. The number of ether oxygens (including phenoxy) is 3. The minimum absolute atomic E-state index is 0.000413. The minimum atomic E-state index is -1.28. The lowest BCUT2D eigenvalue weighted by molar-refractivity contribution is 0.0632. The van der Waals surface area contributed by atoms with E-state index in [1.165, 1.54) is 24.3 Å². The van der Waals surface area contributed by atoms with E-state index >= 15 is 4.39 Å². The fraction of sp³-hybridized carbons (Fsp3) is 0.208. The van der Waals surface area contributed by atoms with Crippen molar-refractivity contribution in [3.05, 3.63) is 89.0 Å². The van der Waals surface area contributed by atoms with E-state index in [0.29, 0.717) is 17.5 Å². The van der Waals surface area contributed by atoms with Gasteiger partial charge in [0.05, 0.1) is 12.2 Å². The number of benzene rings is 2. The Morgan fingerprint density at radius 3 is 2.45 bits per heavy atom. The van der Waals surface area contributed by atoms with Gasteiger partial charge in [0, 0.05) is 17.5 Å². The second-order valence-electron chi connectivity index (χ2n) is 6.82.